The molecule has 0 saturated heterocycles. The molecule has 2 aromatic rings. The number of ether oxygens (including phenoxy) is 1. The van der Waals surface area contributed by atoms with Gasteiger partial charge in [0.05, 0.1) is 22.8 Å². The number of hydrogen-bond acceptors (Lipinski definition) is 4. The molecule has 5 heteroatoms. The molecule has 21 heavy (non-hydrogen) atoms. The Morgan fingerprint density at radius 2 is 1.57 bits per heavy atom. The summed E-state index contributed by atoms with van der Waals surface area (Å²) in [6.07, 6.45) is 0. The SMILES string of the molecule is COC(=O)c1ccc([C@H](C)S(=O)(=O)c2ccccc2)cc1. The van der Waals surface area contributed by atoms with Gasteiger partial charge in [-0.3, -0.25) is 0 Å². The lowest BCUT2D eigenvalue weighted by Crippen LogP contribution is -2.11. The molecule has 0 aliphatic rings. The van der Waals surface area contributed by atoms with E-state index in [1.807, 2.05) is 0 Å². The second-order valence-corrected chi connectivity index (χ2v) is 6.88. The molecule has 0 heterocycles. The van der Waals surface area contributed by atoms with Crippen LogP contribution >= 0.6 is 0 Å². The minimum absolute atomic E-state index is 0.287. The van der Waals surface area contributed by atoms with E-state index in [0.717, 1.165) is 0 Å². The predicted octanol–water partition coefficient (Wildman–Crippen LogP) is 3.01. The minimum atomic E-state index is -3.45. The monoisotopic (exact) mass is 304 g/mol. The average molecular weight is 304 g/mol. The number of carbonyl (C=O) groups excluding carboxylic acids is 1. The summed E-state index contributed by atoms with van der Waals surface area (Å²) in [5.74, 6) is -0.444. The van der Waals surface area contributed by atoms with E-state index in [9.17, 15) is 13.2 Å². The fraction of sp³-hybridized carbons (Fsp3) is 0.188. The number of benzene rings is 2. The lowest BCUT2D eigenvalue weighted by molar-refractivity contribution is 0.0600. The van der Waals surface area contributed by atoms with Crippen molar-refractivity contribution in [2.24, 2.45) is 0 Å². The summed E-state index contributed by atoms with van der Waals surface area (Å²) in [6.45, 7) is 1.63. The Kier molecular flexibility index (Phi) is 4.43. The summed E-state index contributed by atoms with van der Waals surface area (Å²) >= 11 is 0. The van der Waals surface area contributed by atoms with Crippen LogP contribution in [-0.4, -0.2) is 21.5 Å². The van der Waals surface area contributed by atoms with E-state index in [1.54, 1.807) is 61.5 Å². The van der Waals surface area contributed by atoms with Crippen LogP contribution in [0.15, 0.2) is 59.5 Å². The van der Waals surface area contributed by atoms with Crippen LogP contribution in [-0.2, 0) is 14.6 Å². The largest absolute Gasteiger partial charge is 0.465 e. The first-order valence-corrected chi connectivity index (χ1v) is 7.98. The number of esters is 1. The highest BCUT2D eigenvalue weighted by atomic mass is 32.2. The molecule has 110 valence electrons. The number of methoxy groups -OCH3 is 1. The highest BCUT2D eigenvalue weighted by molar-refractivity contribution is 7.91. The third-order valence-corrected chi connectivity index (χ3v) is 5.47. The van der Waals surface area contributed by atoms with Crippen molar-refractivity contribution < 1.29 is 17.9 Å². The van der Waals surface area contributed by atoms with E-state index < -0.39 is 21.1 Å². The summed E-state index contributed by atoms with van der Waals surface area (Å²) in [6, 6.07) is 14.7. The summed E-state index contributed by atoms with van der Waals surface area (Å²) in [7, 11) is -2.14. The number of rotatable bonds is 4. The van der Waals surface area contributed by atoms with Crippen LogP contribution in [0.2, 0.25) is 0 Å². The first kappa shape index (κ1) is 15.3. The third-order valence-electron chi connectivity index (χ3n) is 3.34. The normalized spacial score (nSPS) is 12.7. The van der Waals surface area contributed by atoms with Gasteiger partial charge >= 0.3 is 5.97 Å². The second-order valence-electron chi connectivity index (χ2n) is 4.61. The van der Waals surface area contributed by atoms with Gasteiger partial charge in [-0.1, -0.05) is 30.3 Å². The highest BCUT2D eigenvalue weighted by Crippen LogP contribution is 2.28. The van der Waals surface area contributed by atoms with Crippen molar-refractivity contribution in [3.05, 3.63) is 65.7 Å². The molecule has 0 spiro atoms. The van der Waals surface area contributed by atoms with E-state index in [-0.39, 0.29) is 4.90 Å². The fourth-order valence-electron chi connectivity index (χ4n) is 2.00. The van der Waals surface area contributed by atoms with Crippen LogP contribution in [0, 0.1) is 0 Å². The van der Waals surface area contributed by atoms with Gasteiger partial charge in [-0.2, -0.15) is 0 Å². The maximum Gasteiger partial charge on any atom is 0.337 e. The Hall–Kier alpha value is -2.14. The molecule has 0 radical (unpaired) electrons. The molecule has 2 rings (SSSR count). The van der Waals surface area contributed by atoms with Crippen molar-refractivity contribution in [1.29, 1.82) is 0 Å². The summed E-state index contributed by atoms with van der Waals surface area (Å²) in [5.41, 5.74) is 1.03. The van der Waals surface area contributed by atoms with Crippen LogP contribution in [0.3, 0.4) is 0 Å². The van der Waals surface area contributed by atoms with E-state index in [4.69, 9.17) is 0 Å². The zero-order chi connectivity index (χ0) is 15.5. The molecule has 0 aromatic heterocycles. The molecule has 0 N–H and O–H groups in total. The number of hydrogen-bond donors (Lipinski definition) is 0. The zero-order valence-corrected chi connectivity index (χ0v) is 12.6. The van der Waals surface area contributed by atoms with Gasteiger partial charge in [-0.05, 0) is 36.8 Å². The first-order chi connectivity index (χ1) is 9.96. The molecule has 2 aromatic carbocycles. The quantitative estimate of drug-likeness (QED) is 0.815. The molecular formula is C16H16O4S. The maximum atomic E-state index is 12.5. The van der Waals surface area contributed by atoms with Gasteiger partial charge in [0.2, 0.25) is 0 Å². The Balaban J connectivity index is 2.32. The molecule has 0 saturated carbocycles. The molecular weight excluding hydrogens is 288 g/mol. The van der Waals surface area contributed by atoms with Gasteiger partial charge in [-0.15, -0.1) is 0 Å². The Morgan fingerprint density at radius 1 is 1.00 bits per heavy atom. The number of sulfone groups is 1. The van der Waals surface area contributed by atoms with Crippen molar-refractivity contribution in [3.8, 4) is 0 Å². The molecule has 1 atom stereocenters. The van der Waals surface area contributed by atoms with Crippen LogP contribution in [0.25, 0.3) is 0 Å². The van der Waals surface area contributed by atoms with Crippen LogP contribution in [0.1, 0.15) is 28.1 Å². The summed E-state index contributed by atoms with van der Waals surface area (Å²) in [5, 5.41) is -0.688. The van der Waals surface area contributed by atoms with Crippen LogP contribution in [0.5, 0.6) is 0 Å². The lowest BCUT2D eigenvalue weighted by atomic mass is 10.1. The van der Waals surface area contributed by atoms with Crippen molar-refractivity contribution >= 4 is 15.8 Å². The second kappa shape index (κ2) is 6.10. The lowest BCUT2D eigenvalue weighted by Gasteiger charge is -2.13. The van der Waals surface area contributed by atoms with Gasteiger partial charge in [0, 0.05) is 0 Å². The molecule has 0 bridgehead atoms. The van der Waals surface area contributed by atoms with Crippen LogP contribution < -0.4 is 0 Å². The standard InChI is InChI=1S/C16H16O4S/c1-12(21(18,19)15-6-4-3-5-7-15)13-8-10-14(11-9-13)16(17)20-2/h3-12H,1-2H3/t12-/m0/s1. The third kappa shape index (κ3) is 3.13. The maximum absolute atomic E-state index is 12.5. The molecule has 0 amide bonds. The van der Waals surface area contributed by atoms with Gasteiger partial charge < -0.3 is 4.74 Å². The molecule has 0 unspecified atom stereocenters. The average Bonchev–Trinajstić information content (AvgIpc) is 2.54. The fourth-order valence-corrected chi connectivity index (χ4v) is 3.46. The van der Waals surface area contributed by atoms with Crippen molar-refractivity contribution in [2.75, 3.05) is 7.11 Å². The van der Waals surface area contributed by atoms with E-state index in [2.05, 4.69) is 4.74 Å². The van der Waals surface area contributed by atoms with E-state index in [1.165, 1.54) is 7.11 Å². The smallest absolute Gasteiger partial charge is 0.337 e. The van der Waals surface area contributed by atoms with Gasteiger partial charge in [0.25, 0.3) is 0 Å². The van der Waals surface area contributed by atoms with E-state index in [0.29, 0.717) is 11.1 Å². The predicted molar refractivity (Wildman–Crippen MR) is 79.8 cm³/mol. The van der Waals surface area contributed by atoms with Crippen molar-refractivity contribution in [3.63, 3.8) is 0 Å². The molecule has 0 aliphatic carbocycles. The summed E-state index contributed by atoms with van der Waals surface area (Å²) in [4.78, 5) is 11.7. The Morgan fingerprint density at radius 3 is 2.10 bits per heavy atom. The summed E-state index contributed by atoms with van der Waals surface area (Å²) < 4.78 is 29.6. The zero-order valence-electron chi connectivity index (χ0n) is 11.8. The van der Waals surface area contributed by atoms with Gasteiger partial charge in [0.15, 0.2) is 9.84 Å². The highest BCUT2D eigenvalue weighted by Gasteiger charge is 2.24. The number of carbonyl (C=O) groups is 1. The van der Waals surface area contributed by atoms with Crippen molar-refractivity contribution in [2.45, 2.75) is 17.1 Å². The van der Waals surface area contributed by atoms with Gasteiger partial charge in [0.1, 0.15) is 0 Å². The van der Waals surface area contributed by atoms with Gasteiger partial charge in [-0.25, -0.2) is 13.2 Å². The first-order valence-electron chi connectivity index (χ1n) is 6.44. The molecule has 0 fully saturated rings. The topological polar surface area (TPSA) is 60.4 Å². The molecule has 4 nitrogen and oxygen atoms in total. The van der Waals surface area contributed by atoms with Crippen LogP contribution in [0.4, 0.5) is 0 Å². The molecule has 0 aliphatic heterocycles. The van der Waals surface area contributed by atoms with E-state index >= 15 is 0 Å². The Bertz CT molecular complexity index is 719. The van der Waals surface area contributed by atoms with Crippen molar-refractivity contribution in [1.82, 2.24) is 0 Å². The minimum Gasteiger partial charge on any atom is -0.465 e. The Labute approximate surface area is 124 Å².